The molecule has 8 nitrogen and oxygen atoms in total. The van der Waals surface area contributed by atoms with Gasteiger partial charge in [-0.25, -0.2) is 0 Å². The first-order chi connectivity index (χ1) is 15.0. The van der Waals surface area contributed by atoms with Gasteiger partial charge in [0.15, 0.2) is 0 Å². The number of hydrogen-bond donors (Lipinski definition) is 1. The normalized spacial score (nSPS) is 25.9. The van der Waals surface area contributed by atoms with Crippen LogP contribution in [-0.4, -0.2) is 72.7 Å². The summed E-state index contributed by atoms with van der Waals surface area (Å²) in [6.07, 6.45) is 5.53. The predicted octanol–water partition coefficient (Wildman–Crippen LogP) is 2.37. The van der Waals surface area contributed by atoms with Crippen molar-refractivity contribution in [2.24, 2.45) is 17.8 Å². The molecule has 3 aliphatic heterocycles. The molecule has 0 unspecified atom stereocenters. The summed E-state index contributed by atoms with van der Waals surface area (Å²) >= 11 is 1.48. The maximum absolute atomic E-state index is 12.6. The minimum Gasteiger partial charge on any atom is -0.356 e. The van der Waals surface area contributed by atoms with E-state index in [4.69, 9.17) is 0 Å². The Labute approximate surface area is 189 Å². The highest BCUT2D eigenvalue weighted by molar-refractivity contribution is 7.19. The average Bonchev–Trinajstić information content (AvgIpc) is 3.39. The molecule has 2 atom stereocenters. The zero-order valence-electron chi connectivity index (χ0n) is 18.9. The van der Waals surface area contributed by atoms with Crippen LogP contribution in [0.1, 0.15) is 52.4 Å². The van der Waals surface area contributed by atoms with Gasteiger partial charge in [-0.2, -0.15) is 0 Å². The van der Waals surface area contributed by atoms with Crippen molar-refractivity contribution in [1.82, 2.24) is 20.4 Å². The SMILES string of the molecule is C[C@@H]1C[C@@H](C)CN(CCCNC(=O)C2CCN(c3nnc(N4CCCC4=O)s3)CC2)C1. The lowest BCUT2D eigenvalue weighted by Gasteiger charge is -2.35. The van der Waals surface area contributed by atoms with E-state index in [9.17, 15) is 9.59 Å². The van der Waals surface area contributed by atoms with Gasteiger partial charge in [0.05, 0.1) is 0 Å². The van der Waals surface area contributed by atoms with Crippen LogP contribution in [0.3, 0.4) is 0 Å². The standard InChI is InChI=1S/C22H36N6O2S/c1-16-13-17(2)15-26(14-16)9-4-8-23-20(30)18-6-11-27(12-7-18)21-24-25-22(31-21)28-10-3-5-19(28)29/h16-18H,3-15H2,1-2H3,(H,23,30)/t16-,17-/m1/s1. The zero-order valence-corrected chi connectivity index (χ0v) is 19.7. The number of rotatable bonds is 7. The number of likely N-dealkylation sites (tertiary alicyclic amines) is 1. The third-order valence-electron chi connectivity index (χ3n) is 6.74. The molecule has 2 amide bonds. The predicted molar refractivity (Wildman–Crippen MR) is 123 cm³/mol. The van der Waals surface area contributed by atoms with E-state index in [1.54, 1.807) is 4.90 Å². The largest absolute Gasteiger partial charge is 0.356 e. The number of nitrogens with one attached hydrogen (secondary N) is 1. The lowest BCUT2D eigenvalue weighted by molar-refractivity contribution is -0.125. The summed E-state index contributed by atoms with van der Waals surface area (Å²) < 4.78 is 0. The van der Waals surface area contributed by atoms with Gasteiger partial charge in [-0.15, -0.1) is 10.2 Å². The summed E-state index contributed by atoms with van der Waals surface area (Å²) in [5.41, 5.74) is 0. The second-order valence-corrected chi connectivity index (χ2v) is 10.6. The molecular formula is C22H36N6O2S. The van der Waals surface area contributed by atoms with Gasteiger partial charge < -0.3 is 15.1 Å². The number of amides is 2. The summed E-state index contributed by atoms with van der Waals surface area (Å²) in [6, 6.07) is 0. The number of aromatic nitrogens is 2. The number of nitrogens with zero attached hydrogens (tertiary/aromatic N) is 5. The summed E-state index contributed by atoms with van der Waals surface area (Å²) in [5.74, 6) is 1.98. The van der Waals surface area contributed by atoms with E-state index in [2.05, 4.69) is 39.2 Å². The molecule has 0 spiro atoms. The van der Waals surface area contributed by atoms with E-state index in [1.165, 1.54) is 30.8 Å². The number of piperidine rings is 2. The van der Waals surface area contributed by atoms with E-state index >= 15 is 0 Å². The lowest BCUT2D eigenvalue weighted by atomic mass is 9.92. The summed E-state index contributed by atoms with van der Waals surface area (Å²) in [4.78, 5) is 31.0. The Morgan fingerprint density at radius 1 is 1.10 bits per heavy atom. The third kappa shape index (κ3) is 5.74. The smallest absolute Gasteiger partial charge is 0.228 e. The zero-order chi connectivity index (χ0) is 21.8. The maximum atomic E-state index is 12.6. The summed E-state index contributed by atoms with van der Waals surface area (Å²) in [7, 11) is 0. The van der Waals surface area contributed by atoms with Gasteiger partial charge in [0.25, 0.3) is 0 Å². The Hall–Kier alpha value is -1.74. The third-order valence-corrected chi connectivity index (χ3v) is 7.75. The number of hydrogen-bond acceptors (Lipinski definition) is 7. The average molecular weight is 449 g/mol. The first-order valence-corrected chi connectivity index (χ1v) is 12.7. The van der Waals surface area contributed by atoms with Crippen molar-refractivity contribution in [3.63, 3.8) is 0 Å². The topological polar surface area (TPSA) is 81.7 Å². The van der Waals surface area contributed by atoms with E-state index in [1.807, 2.05) is 0 Å². The van der Waals surface area contributed by atoms with Crippen LogP contribution in [0.5, 0.6) is 0 Å². The van der Waals surface area contributed by atoms with Crippen LogP contribution in [0.4, 0.5) is 10.3 Å². The molecular weight excluding hydrogens is 412 g/mol. The number of carbonyl (C=O) groups excluding carboxylic acids is 2. The molecule has 0 aromatic carbocycles. The first kappa shape index (κ1) is 22.5. The summed E-state index contributed by atoms with van der Waals surface area (Å²) in [5, 5.41) is 13.2. The molecule has 0 aliphatic carbocycles. The monoisotopic (exact) mass is 448 g/mol. The molecule has 31 heavy (non-hydrogen) atoms. The number of anilines is 2. The summed E-state index contributed by atoms with van der Waals surface area (Å²) in [6.45, 7) is 11.3. The second-order valence-electron chi connectivity index (χ2n) is 9.63. The van der Waals surface area contributed by atoms with E-state index in [0.29, 0.717) is 11.6 Å². The van der Waals surface area contributed by atoms with Crippen LogP contribution in [0.15, 0.2) is 0 Å². The lowest BCUT2D eigenvalue weighted by Crippen LogP contribution is -2.42. The molecule has 3 aliphatic rings. The molecule has 4 heterocycles. The fraction of sp³-hybridized carbons (Fsp3) is 0.818. The molecule has 1 aromatic rings. The van der Waals surface area contributed by atoms with Crippen molar-refractivity contribution < 1.29 is 9.59 Å². The van der Waals surface area contributed by atoms with Crippen molar-refractivity contribution in [2.75, 3.05) is 55.6 Å². The molecule has 3 saturated heterocycles. The van der Waals surface area contributed by atoms with E-state index in [-0.39, 0.29) is 17.7 Å². The van der Waals surface area contributed by atoms with Gasteiger partial charge in [0.2, 0.25) is 22.1 Å². The Kier molecular flexibility index (Phi) is 7.43. The molecule has 0 radical (unpaired) electrons. The minimum atomic E-state index is 0.0823. The molecule has 3 fully saturated rings. The van der Waals surface area contributed by atoms with Gasteiger partial charge >= 0.3 is 0 Å². The molecule has 0 saturated carbocycles. The van der Waals surface area contributed by atoms with Gasteiger partial charge in [-0.05, 0) is 50.5 Å². The molecule has 4 rings (SSSR count). The maximum Gasteiger partial charge on any atom is 0.228 e. The van der Waals surface area contributed by atoms with Crippen LogP contribution >= 0.6 is 11.3 Å². The molecule has 0 bridgehead atoms. The Morgan fingerprint density at radius 2 is 1.81 bits per heavy atom. The first-order valence-electron chi connectivity index (χ1n) is 11.9. The quantitative estimate of drug-likeness (QED) is 0.645. The van der Waals surface area contributed by atoms with Crippen LogP contribution in [0.25, 0.3) is 0 Å². The molecule has 1 N–H and O–H groups in total. The fourth-order valence-corrected chi connectivity index (χ4v) is 6.20. The fourth-order valence-electron chi connectivity index (χ4n) is 5.26. The Bertz CT molecular complexity index is 753. The van der Waals surface area contributed by atoms with Crippen molar-refractivity contribution in [3.8, 4) is 0 Å². The van der Waals surface area contributed by atoms with Crippen LogP contribution in [0, 0.1) is 17.8 Å². The van der Waals surface area contributed by atoms with Crippen LogP contribution in [0.2, 0.25) is 0 Å². The van der Waals surface area contributed by atoms with Gasteiger partial charge in [-0.1, -0.05) is 25.2 Å². The highest BCUT2D eigenvalue weighted by atomic mass is 32.1. The van der Waals surface area contributed by atoms with E-state index < -0.39 is 0 Å². The van der Waals surface area contributed by atoms with Gasteiger partial charge in [0.1, 0.15) is 0 Å². The van der Waals surface area contributed by atoms with Gasteiger partial charge in [0, 0.05) is 51.6 Å². The second kappa shape index (κ2) is 10.3. The van der Waals surface area contributed by atoms with Crippen molar-refractivity contribution in [3.05, 3.63) is 0 Å². The van der Waals surface area contributed by atoms with Gasteiger partial charge in [-0.3, -0.25) is 14.5 Å². The molecule has 9 heteroatoms. The van der Waals surface area contributed by atoms with Crippen LogP contribution < -0.4 is 15.1 Å². The Morgan fingerprint density at radius 3 is 2.48 bits per heavy atom. The van der Waals surface area contributed by atoms with Crippen molar-refractivity contribution >= 4 is 33.4 Å². The minimum absolute atomic E-state index is 0.0823. The van der Waals surface area contributed by atoms with Crippen molar-refractivity contribution in [2.45, 2.75) is 52.4 Å². The van der Waals surface area contributed by atoms with E-state index in [0.717, 1.165) is 75.4 Å². The highest BCUT2D eigenvalue weighted by Crippen LogP contribution is 2.32. The Balaban J connectivity index is 1.16. The highest BCUT2D eigenvalue weighted by Gasteiger charge is 2.29. The molecule has 1 aromatic heterocycles. The van der Waals surface area contributed by atoms with Crippen molar-refractivity contribution in [1.29, 1.82) is 0 Å². The number of carbonyl (C=O) groups is 2. The molecule has 172 valence electrons. The van der Waals surface area contributed by atoms with Crippen LogP contribution in [-0.2, 0) is 9.59 Å².